The molecule has 1 N–H and O–H groups in total. The maximum Gasteiger partial charge on any atom is 0.0762 e. The molecule has 19 heavy (non-hydrogen) atoms. The molecule has 1 aromatic rings. The van der Waals surface area contributed by atoms with E-state index in [0.717, 1.165) is 29.0 Å². The molecular weight excluding hydrogens is 302 g/mol. The zero-order valence-corrected chi connectivity index (χ0v) is 13.5. The lowest BCUT2D eigenvalue weighted by Gasteiger charge is -2.25. The van der Waals surface area contributed by atoms with Crippen molar-refractivity contribution < 1.29 is 5.11 Å². The van der Waals surface area contributed by atoms with Crippen molar-refractivity contribution in [3.63, 3.8) is 0 Å². The van der Waals surface area contributed by atoms with Gasteiger partial charge in [-0.3, -0.25) is 0 Å². The van der Waals surface area contributed by atoms with Crippen molar-refractivity contribution in [3.8, 4) is 0 Å². The van der Waals surface area contributed by atoms with E-state index < -0.39 is 6.10 Å². The fraction of sp³-hybridized carbons (Fsp3) is 0.625. The summed E-state index contributed by atoms with van der Waals surface area (Å²) in [6, 6.07) is 6.22. The van der Waals surface area contributed by atoms with Crippen molar-refractivity contribution in [2.24, 2.45) is 5.92 Å². The molecule has 1 aromatic carbocycles. The van der Waals surface area contributed by atoms with Crippen LogP contribution in [-0.4, -0.2) is 18.2 Å². The molecule has 2 nitrogen and oxygen atoms in total. The molecule has 2 rings (SSSR count). The lowest BCUT2D eigenvalue weighted by atomic mass is 9.98. The molecule has 106 valence electrons. The molecule has 0 spiro atoms. The predicted octanol–water partition coefficient (Wildman–Crippen LogP) is 4.52. The summed E-state index contributed by atoms with van der Waals surface area (Å²) in [4.78, 5) is 2.48. The highest BCUT2D eigenvalue weighted by Gasteiger charge is 2.18. The van der Waals surface area contributed by atoms with Gasteiger partial charge in [-0.25, -0.2) is 0 Å². The van der Waals surface area contributed by atoms with Crippen molar-refractivity contribution in [3.05, 3.63) is 28.2 Å². The van der Waals surface area contributed by atoms with Crippen LogP contribution in [0.15, 0.2) is 22.7 Å². The molecule has 0 bridgehead atoms. The van der Waals surface area contributed by atoms with Gasteiger partial charge in [-0.2, -0.15) is 0 Å². The van der Waals surface area contributed by atoms with E-state index in [1.165, 1.54) is 31.4 Å². The van der Waals surface area contributed by atoms with Gasteiger partial charge in [0.15, 0.2) is 0 Å². The van der Waals surface area contributed by atoms with E-state index in [9.17, 15) is 5.11 Å². The number of aliphatic hydroxyl groups excluding tert-OH is 1. The standard InChI is InChI=1S/C16H24BrNO/c1-3-13-5-4-9-18(10-8-13)16-7-6-14(12(2)19)11-15(16)17/h6-7,11-13,19H,3-5,8-10H2,1-2H3/t12-,13?/m0/s1. The van der Waals surface area contributed by atoms with Crippen molar-refractivity contribution in [1.82, 2.24) is 0 Å². The fourth-order valence-electron chi connectivity index (χ4n) is 2.85. The number of aliphatic hydroxyl groups is 1. The molecule has 2 atom stereocenters. The summed E-state index contributed by atoms with van der Waals surface area (Å²) >= 11 is 3.66. The molecule has 1 saturated heterocycles. The molecule has 0 saturated carbocycles. The van der Waals surface area contributed by atoms with Gasteiger partial charge in [-0.05, 0) is 65.7 Å². The van der Waals surface area contributed by atoms with Crippen LogP contribution in [-0.2, 0) is 0 Å². The Bertz CT molecular complexity index is 419. The van der Waals surface area contributed by atoms with Gasteiger partial charge in [0.2, 0.25) is 0 Å². The van der Waals surface area contributed by atoms with Crippen LogP contribution < -0.4 is 4.90 Å². The van der Waals surface area contributed by atoms with Crippen LogP contribution in [0.5, 0.6) is 0 Å². The third-order valence-corrected chi connectivity index (χ3v) is 4.86. The molecule has 0 aliphatic carbocycles. The summed E-state index contributed by atoms with van der Waals surface area (Å²) in [5, 5.41) is 9.63. The van der Waals surface area contributed by atoms with Crippen molar-refractivity contribution in [2.45, 2.75) is 45.6 Å². The second-order valence-corrected chi connectivity index (χ2v) is 6.43. The van der Waals surface area contributed by atoms with Crippen LogP contribution in [0.2, 0.25) is 0 Å². The number of anilines is 1. The highest BCUT2D eigenvalue weighted by molar-refractivity contribution is 9.10. The van der Waals surface area contributed by atoms with Gasteiger partial charge in [-0.15, -0.1) is 0 Å². The first-order valence-corrected chi connectivity index (χ1v) is 8.13. The average molecular weight is 326 g/mol. The minimum Gasteiger partial charge on any atom is -0.389 e. The van der Waals surface area contributed by atoms with Gasteiger partial charge in [0.25, 0.3) is 0 Å². The van der Waals surface area contributed by atoms with E-state index >= 15 is 0 Å². The first-order chi connectivity index (χ1) is 9.11. The minimum absolute atomic E-state index is 0.404. The molecule has 1 aliphatic rings. The molecule has 0 aromatic heterocycles. The van der Waals surface area contributed by atoms with E-state index in [2.05, 4.69) is 33.8 Å². The SMILES string of the molecule is CCC1CCCN(c2ccc([C@H](C)O)cc2Br)CC1. The van der Waals surface area contributed by atoms with Gasteiger partial charge in [0, 0.05) is 17.6 Å². The molecular formula is C16H24BrNO. The molecule has 0 radical (unpaired) electrons. The molecule has 1 fully saturated rings. The highest BCUT2D eigenvalue weighted by Crippen LogP contribution is 2.32. The lowest BCUT2D eigenvalue weighted by Crippen LogP contribution is -2.24. The van der Waals surface area contributed by atoms with Gasteiger partial charge < -0.3 is 10.0 Å². The Hall–Kier alpha value is -0.540. The second kappa shape index (κ2) is 6.76. The first-order valence-electron chi connectivity index (χ1n) is 7.34. The number of rotatable bonds is 3. The highest BCUT2D eigenvalue weighted by atomic mass is 79.9. The lowest BCUT2D eigenvalue weighted by molar-refractivity contribution is 0.199. The largest absolute Gasteiger partial charge is 0.389 e. The summed E-state index contributed by atoms with van der Waals surface area (Å²) in [6.45, 7) is 6.39. The predicted molar refractivity (Wildman–Crippen MR) is 84.6 cm³/mol. The van der Waals surface area contributed by atoms with E-state index in [1.54, 1.807) is 6.92 Å². The first kappa shape index (κ1) is 14.9. The van der Waals surface area contributed by atoms with E-state index in [-0.39, 0.29) is 0 Å². The number of hydrogen-bond acceptors (Lipinski definition) is 2. The van der Waals surface area contributed by atoms with Crippen LogP contribution >= 0.6 is 15.9 Å². The molecule has 3 heteroatoms. The number of halogens is 1. The van der Waals surface area contributed by atoms with Crippen LogP contribution in [0.25, 0.3) is 0 Å². The van der Waals surface area contributed by atoms with Crippen LogP contribution in [0.1, 0.15) is 51.2 Å². The van der Waals surface area contributed by atoms with Crippen LogP contribution in [0.3, 0.4) is 0 Å². The minimum atomic E-state index is -0.404. The van der Waals surface area contributed by atoms with Crippen LogP contribution in [0.4, 0.5) is 5.69 Å². The summed E-state index contributed by atoms with van der Waals surface area (Å²) in [5.41, 5.74) is 2.23. The Kier molecular flexibility index (Phi) is 5.28. The van der Waals surface area contributed by atoms with Gasteiger partial charge >= 0.3 is 0 Å². The van der Waals surface area contributed by atoms with E-state index in [4.69, 9.17) is 0 Å². The summed E-state index contributed by atoms with van der Waals surface area (Å²) < 4.78 is 1.10. The summed E-state index contributed by atoms with van der Waals surface area (Å²) in [7, 11) is 0. The number of hydrogen-bond donors (Lipinski definition) is 1. The maximum absolute atomic E-state index is 9.63. The Balaban J connectivity index is 2.13. The Labute approximate surface area is 124 Å². The van der Waals surface area contributed by atoms with E-state index in [1.807, 2.05) is 12.1 Å². The molecule has 1 unspecified atom stereocenters. The topological polar surface area (TPSA) is 23.5 Å². The smallest absolute Gasteiger partial charge is 0.0762 e. The number of nitrogens with zero attached hydrogens (tertiary/aromatic N) is 1. The third-order valence-electron chi connectivity index (χ3n) is 4.22. The monoisotopic (exact) mass is 325 g/mol. The molecule has 1 aliphatic heterocycles. The number of benzene rings is 1. The zero-order valence-electron chi connectivity index (χ0n) is 11.9. The fourth-order valence-corrected chi connectivity index (χ4v) is 3.50. The quantitative estimate of drug-likeness (QED) is 0.883. The summed E-state index contributed by atoms with van der Waals surface area (Å²) in [6.07, 6.45) is 4.83. The Morgan fingerprint density at radius 1 is 1.37 bits per heavy atom. The Morgan fingerprint density at radius 3 is 2.79 bits per heavy atom. The van der Waals surface area contributed by atoms with Gasteiger partial charge in [0.05, 0.1) is 11.8 Å². The average Bonchev–Trinajstić information content (AvgIpc) is 2.63. The van der Waals surface area contributed by atoms with Gasteiger partial charge in [0.1, 0.15) is 0 Å². The molecule has 0 amide bonds. The molecule has 1 heterocycles. The zero-order chi connectivity index (χ0) is 13.8. The third kappa shape index (κ3) is 3.73. The second-order valence-electron chi connectivity index (χ2n) is 5.58. The van der Waals surface area contributed by atoms with Crippen LogP contribution in [0, 0.1) is 5.92 Å². The van der Waals surface area contributed by atoms with E-state index in [0.29, 0.717) is 0 Å². The van der Waals surface area contributed by atoms with Gasteiger partial charge in [-0.1, -0.05) is 19.4 Å². The van der Waals surface area contributed by atoms with Crippen molar-refractivity contribution in [2.75, 3.05) is 18.0 Å². The van der Waals surface area contributed by atoms with Crippen molar-refractivity contribution in [1.29, 1.82) is 0 Å². The maximum atomic E-state index is 9.63. The normalized spacial score (nSPS) is 22.1. The van der Waals surface area contributed by atoms with Crippen molar-refractivity contribution >= 4 is 21.6 Å². The summed E-state index contributed by atoms with van der Waals surface area (Å²) in [5.74, 6) is 0.889. The Morgan fingerprint density at radius 2 is 2.16 bits per heavy atom.